The van der Waals surface area contributed by atoms with Crippen LogP contribution in [-0.2, 0) is 20.4 Å². The second-order valence-electron chi connectivity index (χ2n) is 3.98. The van der Waals surface area contributed by atoms with Gasteiger partial charge < -0.3 is 5.11 Å². The van der Waals surface area contributed by atoms with Gasteiger partial charge in [-0.25, -0.2) is 12.8 Å². The maximum Gasteiger partial charge on any atom is 0.310 e. The van der Waals surface area contributed by atoms with Crippen LogP contribution in [0, 0.1) is 5.82 Å². The average Bonchev–Trinajstić information content (AvgIpc) is 2.18. The molecule has 1 aromatic carbocycles. The van der Waals surface area contributed by atoms with Crippen LogP contribution in [-0.4, -0.2) is 25.7 Å². The van der Waals surface area contributed by atoms with Crippen molar-refractivity contribution in [3.63, 3.8) is 0 Å². The van der Waals surface area contributed by atoms with Gasteiger partial charge in [-0.05, 0) is 18.6 Å². The molecule has 0 amide bonds. The molecule has 0 bridgehead atoms. The van der Waals surface area contributed by atoms with Crippen LogP contribution in [0.15, 0.2) is 18.2 Å². The minimum Gasteiger partial charge on any atom is -0.481 e. The zero-order chi connectivity index (χ0) is 13.2. The van der Waals surface area contributed by atoms with Crippen molar-refractivity contribution in [1.82, 2.24) is 0 Å². The van der Waals surface area contributed by atoms with Crippen molar-refractivity contribution in [2.45, 2.75) is 18.6 Å². The van der Waals surface area contributed by atoms with Crippen LogP contribution >= 0.6 is 0 Å². The minimum absolute atomic E-state index is 0.0499. The molecule has 17 heavy (non-hydrogen) atoms. The molecule has 0 saturated heterocycles. The first-order chi connectivity index (χ1) is 7.70. The molecule has 0 radical (unpaired) electrons. The Morgan fingerprint density at radius 2 is 2.06 bits per heavy atom. The molecule has 0 aromatic heterocycles. The Morgan fingerprint density at radius 1 is 1.47 bits per heavy atom. The first-order valence-electron chi connectivity index (χ1n) is 4.89. The summed E-state index contributed by atoms with van der Waals surface area (Å²) in [5.74, 6) is -2.96. The molecule has 1 aromatic rings. The van der Waals surface area contributed by atoms with Crippen molar-refractivity contribution in [3.8, 4) is 0 Å². The van der Waals surface area contributed by atoms with Crippen LogP contribution in [0.1, 0.15) is 24.0 Å². The molecule has 0 saturated carbocycles. The fourth-order valence-electron chi connectivity index (χ4n) is 1.38. The van der Waals surface area contributed by atoms with Crippen LogP contribution < -0.4 is 0 Å². The van der Waals surface area contributed by atoms with E-state index in [1.165, 1.54) is 19.1 Å². The van der Waals surface area contributed by atoms with E-state index in [-0.39, 0.29) is 11.3 Å². The molecule has 0 heterocycles. The molecule has 1 N–H and O–H groups in total. The lowest BCUT2D eigenvalue weighted by Gasteiger charge is -2.08. The Labute approximate surface area is 99.0 Å². The molecule has 1 rings (SSSR count). The molecule has 1 atom stereocenters. The van der Waals surface area contributed by atoms with Gasteiger partial charge in [0.15, 0.2) is 9.84 Å². The predicted octanol–water partition coefficient (Wildman–Crippen LogP) is 1.56. The molecular weight excluding hydrogens is 247 g/mol. The van der Waals surface area contributed by atoms with Crippen LogP contribution in [0.5, 0.6) is 0 Å². The molecular formula is C11H13FO4S. The Kier molecular flexibility index (Phi) is 3.87. The van der Waals surface area contributed by atoms with Crippen molar-refractivity contribution in [2.75, 3.05) is 6.26 Å². The molecule has 0 spiro atoms. The fraction of sp³-hybridized carbons (Fsp3) is 0.364. The van der Waals surface area contributed by atoms with E-state index < -0.39 is 27.5 Å². The zero-order valence-corrected chi connectivity index (χ0v) is 10.3. The molecule has 0 unspecified atom stereocenters. The van der Waals surface area contributed by atoms with Crippen molar-refractivity contribution in [3.05, 3.63) is 35.1 Å². The van der Waals surface area contributed by atoms with Crippen molar-refractivity contribution < 1.29 is 22.7 Å². The third kappa shape index (κ3) is 3.81. The maximum atomic E-state index is 13.5. The summed E-state index contributed by atoms with van der Waals surface area (Å²) in [5.41, 5.74) is 0.362. The van der Waals surface area contributed by atoms with Gasteiger partial charge in [-0.2, -0.15) is 0 Å². The summed E-state index contributed by atoms with van der Waals surface area (Å²) >= 11 is 0. The second-order valence-corrected chi connectivity index (χ2v) is 6.12. The summed E-state index contributed by atoms with van der Waals surface area (Å²) in [6, 6.07) is 3.81. The van der Waals surface area contributed by atoms with Gasteiger partial charge in [0.1, 0.15) is 5.82 Å². The van der Waals surface area contributed by atoms with E-state index in [2.05, 4.69) is 0 Å². The highest BCUT2D eigenvalue weighted by Crippen LogP contribution is 2.20. The standard InChI is InChI=1S/C11H13FO4S/c1-7(11(13)14)8-3-4-9(10(12)5-8)6-17(2,15)16/h3-5,7H,6H2,1-2H3,(H,13,14)/t7-/m0/s1. The first-order valence-corrected chi connectivity index (χ1v) is 6.95. The maximum absolute atomic E-state index is 13.5. The van der Waals surface area contributed by atoms with Gasteiger partial charge >= 0.3 is 5.97 Å². The lowest BCUT2D eigenvalue weighted by molar-refractivity contribution is -0.138. The summed E-state index contributed by atoms with van der Waals surface area (Å²) in [6.45, 7) is 1.44. The van der Waals surface area contributed by atoms with Crippen LogP contribution in [0.4, 0.5) is 4.39 Å². The number of hydrogen-bond donors (Lipinski definition) is 1. The van der Waals surface area contributed by atoms with Gasteiger partial charge in [0.05, 0.1) is 11.7 Å². The van der Waals surface area contributed by atoms with Gasteiger partial charge in [0, 0.05) is 11.8 Å². The Hall–Kier alpha value is -1.43. The molecule has 6 heteroatoms. The van der Waals surface area contributed by atoms with Crippen molar-refractivity contribution in [1.29, 1.82) is 0 Å². The van der Waals surface area contributed by atoms with Crippen LogP contribution in [0.2, 0.25) is 0 Å². The van der Waals surface area contributed by atoms with E-state index in [1.807, 2.05) is 0 Å². The van der Waals surface area contributed by atoms with E-state index >= 15 is 0 Å². The highest BCUT2D eigenvalue weighted by Gasteiger charge is 2.16. The minimum atomic E-state index is -3.31. The normalized spacial score (nSPS) is 13.4. The average molecular weight is 260 g/mol. The van der Waals surface area contributed by atoms with E-state index in [1.54, 1.807) is 0 Å². The highest BCUT2D eigenvalue weighted by molar-refractivity contribution is 7.89. The molecule has 0 aliphatic heterocycles. The largest absolute Gasteiger partial charge is 0.481 e. The number of aliphatic carboxylic acids is 1. The van der Waals surface area contributed by atoms with E-state index in [9.17, 15) is 17.6 Å². The Morgan fingerprint density at radius 3 is 2.47 bits per heavy atom. The van der Waals surface area contributed by atoms with Crippen LogP contribution in [0.25, 0.3) is 0 Å². The first kappa shape index (κ1) is 13.6. The van der Waals surface area contributed by atoms with Gasteiger partial charge in [0.25, 0.3) is 0 Å². The van der Waals surface area contributed by atoms with Gasteiger partial charge in [-0.1, -0.05) is 12.1 Å². The summed E-state index contributed by atoms with van der Waals surface area (Å²) in [5, 5.41) is 8.76. The Balaban J connectivity index is 3.06. The summed E-state index contributed by atoms with van der Waals surface area (Å²) in [6.07, 6.45) is 1.01. The smallest absolute Gasteiger partial charge is 0.310 e. The number of sulfone groups is 1. The Bertz CT molecular complexity index is 536. The van der Waals surface area contributed by atoms with Crippen molar-refractivity contribution in [2.24, 2.45) is 0 Å². The third-order valence-corrected chi connectivity index (χ3v) is 3.20. The topological polar surface area (TPSA) is 71.4 Å². The number of carboxylic acid groups (broad SMARTS) is 1. The van der Waals surface area contributed by atoms with Crippen LogP contribution in [0.3, 0.4) is 0 Å². The molecule has 0 aliphatic rings. The van der Waals surface area contributed by atoms with E-state index in [4.69, 9.17) is 5.11 Å². The highest BCUT2D eigenvalue weighted by atomic mass is 32.2. The zero-order valence-electron chi connectivity index (χ0n) is 9.47. The molecule has 0 fully saturated rings. The molecule has 4 nitrogen and oxygen atoms in total. The lowest BCUT2D eigenvalue weighted by Crippen LogP contribution is -2.09. The fourth-order valence-corrected chi connectivity index (χ4v) is 2.17. The lowest BCUT2D eigenvalue weighted by atomic mass is 10.00. The number of carboxylic acids is 1. The summed E-state index contributed by atoms with van der Waals surface area (Å²) in [4.78, 5) is 10.7. The quantitative estimate of drug-likeness (QED) is 0.891. The summed E-state index contributed by atoms with van der Waals surface area (Å²) < 4.78 is 35.6. The number of carbonyl (C=O) groups is 1. The SMILES string of the molecule is C[C@H](C(=O)O)c1ccc(CS(C)(=O)=O)c(F)c1. The van der Waals surface area contributed by atoms with E-state index in [0.717, 1.165) is 12.3 Å². The van der Waals surface area contributed by atoms with E-state index in [0.29, 0.717) is 5.56 Å². The molecule has 94 valence electrons. The number of halogens is 1. The second kappa shape index (κ2) is 4.83. The van der Waals surface area contributed by atoms with Gasteiger partial charge in [0.2, 0.25) is 0 Å². The van der Waals surface area contributed by atoms with Gasteiger partial charge in [-0.3, -0.25) is 4.79 Å². The van der Waals surface area contributed by atoms with Gasteiger partial charge in [-0.15, -0.1) is 0 Å². The number of benzene rings is 1. The number of rotatable bonds is 4. The monoisotopic (exact) mass is 260 g/mol. The molecule has 0 aliphatic carbocycles. The summed E-state index contributed by atoms with van der Waals surface area (Å²) in [7, 11) is -3.31. The predicted molar refractivity (Wildman–Crippen MR) is 61.0 cm³/mol. The van der Waals surface area contributed by atoms with Crippen molar-refractivity contribution >= 4 is 15.8 Å². The number of hydrogen-bond acceptors (Lipinski definition) is 3. The third-order valence-electron chi connectivity index (χ3n) is 2.37.